The van der Waals surface area contributed by atoms with E-state index in [0.29, 0.717) is 23.3 Å². The molecule has 0 fully saturated rings. The highest BCUT2D eigenvalue weighted by Crippen LogP contribution is 2.19. The molecule has 0 saturated carbocycles. The molecule has 2 rings (SSSR count). The first-order chi connectivity index (χ1) is 10.5. The molecule has 1 aromatic heterocycles. The summed E-state index contributed by atoms with van der Waals surface area (Å²) in [6.45, 7) is 2.39. The Labute approximate surface area is 132 Å². The predicted octanol–water partition coefficient (Wildman–Crippen LogP) is 2.84. The fraction of sp³-hybridized carbons (Fsp3) is 0.286. The molecule has 22 heavy (non-hydrogen) atoms. The van der Waals surface area contributed by atoms with Crippen molar-refractivity contribution < 1.29 is 9.66 Å². The minimum atomic E-state index is -0.437. The summed E-state index contributed by atoms with van der Waals surface area (Å²) in [5, 5.41) is 11.2. The number of nitrogen functional groups attached to an aromatic ring is 1. The molecule has 0 bridgehead atoms. The molecule has 0 spiro atoms. The Morgan fingerprint density at radius 1 is 1.32 bits per heavy atom. The first-order valence-corrected chi connectivity index (χ1v) is 7.64. The fourth-order valence-electron chi connectivity index (χ4n) is 1.71. The van der Waals surface area contributed by atoms with Crippen LogP contribution in [0.5, 0.6) is 5.75 Å². The van der Waals surface area contributed by atoms with E-state index in [0.717, 1.165) is 17.9 Å². The monoisotopic (exact) mass is 320 g/mol. The second-order valence-corrected chi connectivity index (χ2v) is 5.58. The summed E-state index contributed by atoms with van der Waals surface area (Å²) in [6.07, 6.45) is 0.804. The Hall–Kier alpha value is -2.35. The molecule has 2 aromatic rings. The van der Waals surface area contributed by atoms with E-state index in [1.807, 2.05) is 6.92 Å². The third-order valence-corrected chi connectivity index (χ3v) is 3.62. The molecule has 116 valence electrons. The standard InChI is InChI=1S/C14H16N4O3S/c1-10-9-13(15)17-14(16-10)22-8-2-7-21-12-5-3-11(4-6-12)18(19)20/h3-6,9H,2,7-8H2,1H3,(H2,15,16,17). The van der Waals surface area contributed by atoms with Gasteiger partial charge in [0.1, 0.15) is 11.6 Å². The van der Waals surface area contributed by atoms with Crippen molar-refractivity contribution in [2.24, 2.45) is 0 Å². The Kier molecular flexibility index (Phi) is 5.54. The molecule has 0 amide bonds. The Bertz CT molecular complexity index is 629. The van der Waals surface area contributed by atoms with Crippen molar-refractivity contribution in [3.8, 4) is 5.75 Å². The van der Waals surface area contributed by atoms with Gasteiger partial charge in [-0.1, -0.05) is 11.8 Å². The highest BCUT2D eigenvalue weighted by molar-refractivity contribution is 7.99. The molecule has 0 saturated heterocycles. The molecular weight excluding hydrogens is 304 g/mol. The number of anilines is 1. The summed E-state index contributed by atoms with van der Waals surface area (Å²) >= 11 is 1.52. The smallest absolute Gasteiger partial charge is 0.269 e. The van der Waals surface area contributed by atoms with Gasteiger partial charge in [-0.05, 0) is 25.5 Å². The van der Waals surface area contributed by atoms with E-state index in [4.69, 9.17) is 10.5 Å². The minimum Gasteiger partial charge on any atom is -0.494 e. The molecule has 1 heterocycles. The Balaban J connectivity index is 1.72. The minimum absolute atomic E-state index is 0.0529. The SMILES string of the molecule is Cc1cc(N)nc(SCCCOc2ccc([N+](=O)[O-])cc2)n1. The van der Waals surface area contributed by atoms with Crippen molar-refractivity contribution in [2.75, 3.05) is 18.1 Å². The molecule has 8 heteroatoms. The maximum Gasteiger partial charge on any atom is 0.269 e. The second-order valence-electron chi connectivity index (χ2n) is 4.52. The number of nitro benzene ring substituents is 1. The molecule has 0 aliphatic rings. The van der Waals surface area contributed by atoms with Crippen LogP contribution in [-0.2, 0) is 0 Å². The van der Waals surface area contributed by atoms with Gasteiger partial charge in [-0.3, -0.25) is 10.1 Å². The number of hydrogen-bond acceptors (Lipinski definition) is 7. The normalized spacial score (nSPS) is 10.4. The first kappa shape index (κ1) is 16.0. The number of aromatic nitrogens is 2. The quantitative estimate of drug-likeness (QED) is 0.275. The molecule has 0 atom stereocenters. The number of thioether (sulfide) groups is 1. The van der Waals surface area contributed by atoms with Gasteiger partial charge in [-0.15, -0.1) is 0 Å². The largest absolute Gasteiger partial charge is 0.494 e. The molecule has 2 N–H and O–H groups in total. The Morgan fingerprint density at radius 2 is 2.05 bits per heavy atom. The number of nitrogens with two attached hydrogens (primary N) is 1. The zero-order chi connectivity index (χ0) is 15.9. The maximum absolute atomic E-state index is 10.5. The van der Waals surface area contributed by atoms with Gasteiger partial charge in [0, 0.05) is 29.6 Å². The van der Waals surface area contributed by atoms with E-state index in [2.05, 4.69) is 9.97 Å². The zero-order valence-electron chi connectivity index (χ0n) is 12.1. The average Bonchev–Trinajstić information content (AvgIpc) is 2.46. The van der Waals surface area contributed by atoms with Crippen molar-refractivity contribution >= 4 is 23.3 Å². The molecule has 0 aliphatic carbocycles. The lowest BCUT2D eigenvalue weighted by atomic mass is 10.3. The van der Waals surface area contributed by atoms with Gasteiger partial charge < -0.3 is 10.5 Å². The fourth-order valence-corrected chi connectivity index (χ4v) is 2.53. The van der Waals surface area contributed by atoms with Gasteiger partial charge in [-0.2, -0.15) is 0 Å². The number of nitro groups is 1. The second kappa shape index (κ2) is 7.60. The molecule has 0 radical (unpaired) electrons. The lowest BCUT2D eigenvalue weighted by Crippen LogP contribution is -2.00. The number of nitrogens with zero attached hydrogens (tertiary/aromatic N) is 3. The van der Waals surface area contributed by atoms with Crippen LogP contribution in [0, 0.1) is 17.0 Å². The van der Waals surface area contributed by atoms with E-state index >= 15 is 0 Å². The number of benzene rings is 1. The van der Waals surface area contributed by atoms with Crippen LogP contribution in [0.3, 0.4) is 0 Å². The summed E-state index contributed by atoms with van der Waals surface area (Å²) in [4.78, 5) is 18.5. The van der Waals surface area contributed by atoms with Crippen LogP contribution >= 0.6 is 11.8 Å². The highest BCUT2D eigenvalue weighted by atomic mass is 32.2. The summed E-state index contributed by atoms with van der Waals surface area (Å²) in [7, 11) is 0. The average molecular weight is 320 g/mol. The number of aryl methyl sites for hydroxylation is 1. The van der Waals surface area contributed by atoms with Crippen LogP contribution in [-0.4, -0.2) is 27.3 Å². The van der Waals surface area contributed by atoms with E-state index in [-0.39, 0.29) is 5.69 Å². The predicted molar refractivity (Wildman–Crippen MR) is 85.1 cm³/mol. The van der Waals surface area contributed by atoms with Crippen molar-refractivity contribution in [2.45, 2.75) is 18.5 Å². The molecular formula is C14H16N4O3S. The summed E-state index contributed by atoms with van der Waals surface area (Å²) in [5.41, 5.74) is 6.56. The molecule has 1 aromatic carbocycles. The van der Waals surface area contributed by atoms with Crippen molar-refractivity contribution in [1.29, 1.82) is 0 Å². The number of ether oxygens (including phenoxy) is 1. The molecule has 0 unspecified atom stereocenters. The van der Waals surface area contributed by atoms with Gasteiger partial charge >= 0.3 is 0 Å². The number of rotatable bonds is 7. The van der Waals surface area contributed by atoms with Gasteiger partial charge in [0.15, 0.2) is 5.16 Å². The van der Waals surface area contributed by atoms with Crippen LogP contribution in [0.2, 0.25) is 0 Å². The summed E-state index contributed by atoms with van der Waals surface area (Å²) in [6, 6.07) is 7.76. The van der Waals surface area contributed by atoms with Gasteiger partial charge in [0.2, 0.25) is 0 Å². The topological polar surface area (TPSA) is 104 Å². The van der Waals surface area contributed by atoms with Crippen LogP contribution < -0.4 is 10.5 Å². The van der Waals surface area contributed by atoms with Crippen molar-refractivity contribution in [3.05, 3.63) is 46.1 Å². The lowest BCUT2D eigenvalue weighted by Gasteiger charge is -2.06. The van der Waals surface area contributed by atoms with Gasteiger partial charge in [0.05, 0.1) is 11.5 Å². The third-order valence-electron chi connectivity index (χ3n) is 2.69. The maximum atomic E-state index is 10.5. The molecule has 0 aliphatic heterocycles. The van der Waals surface area contributed by atoms with Crippen LogP contribution in [0.25, 0.3) is 0 Å². The third kappa shape index (κ3) is 4.88. The van der Waals surface area contributed by atoms with Crippen molar-refractivity contribution in [1.82, 2.24) is 9.97 Å². The Morgan fingerprint density at radius 3 is 2.68 bits per heavy atom. The van der Waals surface area contributed by atoms with Gasteiger partial charge in [-0.25, -0.2) is 9.97 Å². The van der Waals surface area contributed by atoms with E-state index in [1.54, 1.807) is 18.2 Å². The highest BCUT2D eigenvalue weighted by Gasteiger charge is 2.04. The number of non-ortho nitro benzene ring substituents is 1. The van der Waals surface area contributed by atoms with E-state index < -0.39 is 4.92 Å². The zero-order valence-corrected chi connectivity index (χ0v) is 12.9. The van der Waals surface area contributed by atoms with E-state index in [1.165, 1.54) is 23.9 Å². The summed E-state index contributed by atoms with van der Waals surface area (Å²) in [5.74, 6) is 1.89. The first-order valence-electron chi connectivity index (χ1n) is 6.66. The van der Waals surface area contributed by atoms with Crippen LogP contribution in [0.15, 0.2) is 35.5 Å². The molecule has 7 nitrogen and oxygen atoms in total. The van der Waals surface area contributed by atoms with Crippen molar-refractivity contribution in [3.63, 3.8) is 0 Å². The summed E-state index contributed by atoms with van der Waals surface area (Å²) < 4.78 is 5.52. The van der Waals surface area contributed by atoms with Crippen LogP contribution in [0.4, 0.5) is 11.5 Å². The van der Waals surface area contributed by atoms with Gasteiger partial charge in [0.25, 0.3) is 5.69 Å². The lowest BCUT2D eigenvalue weighted by molar-refractivity contribution is -0.384. The van der Waals surface area contributed by atoms with E-state index in [9.17, 15) is 10.1 Å². The number of hydrogen-bond donors (Lipinski definition) is 1. The van der Waals surface area contributed by atoms with Crippen LogP contribution in [0.1, 0.15) is 12.1 Å².